The van der Waals surface area contributed by atoms with Gasteiger partial charge < -0.3 is 15.0 Å². The van der Waals surface area contributed by atoms with E-state index in [9.17, 15) is 4.79 Å². The highest BCUT2D eigenvalue weighted by molar-refractivity contribution is 7.98. The van der Waals surface area contributed by atoms with Gasteiger partial charge in [-0.3, -0.25) is 0 Å². The van der Waals surface area contributed by atoms with Gasteiger partial charge in [0, 0.05) is 7.05 Å². The van der Waals surface area contributed by atoms with Crippen LogP contribution in [0.5, 0.6) is 0 Å². The highest BCUT2D eigenvalue weighted by Gasteiger charge is 2.20. The molecule has 0 unspecified atom stereocenters. The van der Waals surface area contributed by atoms with E-state index in [0.717, 1.165) is 0 Å². The molecule has 7 heteroatoms. The average Bonchev–Trinajstić information content (AvgIpc) is 2.76. The van der Waals surface area contributed by atoms with Gasteiger partial charge in [-0.05, 0) is 13.2 Å². The molecule has 0 bridgehead atoms. The third-order valence-electron chi connectivity index (χ3n) is 2.43. The molecule has 2 aromatic rings. The van der Waals surface area contributed by atoms with Gasteiger partial charge >= 0.3 is 5.97 Å². The number of hydrogen-bond acceptors (Lipinski definition) is 6. The first kappa shape index (κ1) is 12.7. The van der Waals surface area contributed by atoms with Crippen LogP contribution in [0.25, 0.3) is 11.0 Å². The van der Waals surface area contributed by atoms with Gasteiger partial charge in [0.15, 0.2) is 5.16 Å². The number of fused-ring (bicyclic) bond motifs is 1. The van der Waals surface area contributed by atoms with Crippen LogP contribution in [0.2, 0.25) is 0 Å². The predicted molar refractivity (Wildman–Crippen MR) is 71.2 cm³/mol. The number of H-pyrrole nitrogens is 1. The lowest BCUT2D eigenvalue weighted by Crippen LogP contribution is -2.07. The van der Waals surface area contributed by atoms with Gasteiger partial charge in [-0.15, -0.1) is 0 Å². The second kappa shape index (κ2) is 5.26. The SMILES string of the molecule is CCOC(=O)c1c(NC)[nH]c2cnc(SC)nc12. The summed E-state index contributed by atoms with van der Waals surface area (Å²) in [5.41, 5.74) is 1.71. The van der Waals surface area contributed by atoms with E-state index in [-0.39, 0.29) is 5.97 Å². The molecule has 0 saturated heterocycles. The first-order valence-corrected chi connectivity index (χ1v) is 6.71. The summed E-state index contributed by atoms with van der Waals surface area (Å²) >= 11 is 1.43. The Labute approximate surface area is 109 Å². The van der Waals surface area contributed by atoms with Gasteiger partial charge in [0.25, 0.3) is 0 Å². The zero-order chi connectivity index (χ0) is 13.1. The lowest BCUT2D eigenvalue weighted by molar-refractivity contribution is 0.0529. The van der Waals surface area contributed by atoms with E-state index in [0.29, 0.717) is 34.2 Å². The van der Waals surface area contributed by atoms with Crippen molar-refractivity contribution in [3.8, 4) is 0 Å². The Morgan fingerprint density at radius 2 is 2.39 bits per heavy atom. The molecule has 2 rings (SSSR count). The van der Waals surface area contributed by atoms with Gasteiger partial charge in [0.05, 0.1) is 18.3 Å². The van der Waals surface area contributed by atoms with Gasteiger partial charge in [0.1, 0.15) is 16.9 Å². The molecule has 0 aliphatic heterocycles. The van der Waals surface area contributed by atoms with Crippen molar-refractivity contribution in [2.45, 2.75) is 12.1 Å². The molecule has 0 fully saturated rings. The zero-order valence-corrected chi connectivity index (χ0v) is 11.2. The molecule has 96 valence electrons. The van der Waals surface area contributed by atoms with Crippen molar-refractivity contribution in [3.05, 3.63) is 11.8 Å². The summed E-state index contributed by atoms with van der Waals surface area (Å²) in [5.74, 6) is 0.204. The Balaban J connectivity index is 2.62. The average molecular weight is 266 g/mol. The fourth-order valence-electron chi connectivity index (χ4n) is 1.65. The number of hydrogen-bond donors (Lipinski definition) is 2. The summed E-state index contributed by atoms with van der Waals surface area (Å²) in [4.78, 5) is 23.5. The topological polar surface area (TPSA) is 79.9 Å². The van der Waals surface area contributed by atoms with Crippen molar-refractivity contribution in [1.29, 1.82) is 0 Å². The van der Waals surface area contributed by atoms with Gasteiger partial charge in [-0.2, -0.15) is 0 Å². The zero-order valence-electron chi connectivity index (χ0n) is 10.4. The second-order valence-corrected chi connectivity index (χ2v) is 4.24. The molecule has 0 aliphatic rings. The fraction of sp³-hybridized carbons (Fsp3) is 0.364. The molecule has 0 aliphatic carbocycles. The Hall–Kier alpha value is -1.76. The molecular formula is C11H14N4O2S. The molecule has 2 heterocycles. The summed E-state index contributed by atoms with van der Waals surface area (Å²) in [6.07, 6.45) is 3.55. The highest BCUT2D eigenvalue weighted by Crippen LogP contribution is 2.26. The summed E-state index contributed by atoms with van der Waals surface area (Å²) in [6.45, 7) is 2.10. The summed E-state index contributed by atoms with van der Waals surface area (Å²) in [7, 11) is 1.73. The smallest absolute Gasteiger partial charge is 0.344 e. The number of aromatic nitrogens is 3. The third-order valence-corrected chi connectivity index (χ3v) is 2.99. The van der Waals surface area contributed by atoms with Crippen LogP contribution < -0.4 is 5.32 Å². The van der Waals surface area contributed by atoms with Crippen LogP contribution in [0.15, 0.2) is 11.4 Å². The monoisotopic (exact) mass is 266 g/mol. The van der Waals surface area contributed by atoms with E-state index < -0.39 is 0 Å². The molecule has 0 spiro atoms. The van der Waals surface area contributed by atoms with Crippen LogP contribution in [-0.4, -0.2) is 40.8 Å². The number of aromatic amines is 1. The first-order chi connectivity index (χ1) is 8.71. The predicted octanol–water partition coefficient (Wildman–Crippen LogP) is 1.90. The number of ether oxygens (including phenoxy) is 1. The molecule has 0 atom stereocenters. The molecule has 6 nitrogen and oxygen atoms in total. The molecule has 0 saturated carbocycles. The molecular weight excluding hydrogens is 252 g/mol. The minimum atomic E-state index is -0.390. The number of rotatable bonds is 4. The quantitative estimate of drug-likeness (QED) is 0.500. The normalized spacial score (nSPS) is 10.6. The van der Waals surface area contributed by atoms with Crippen molar-refractivity contribution in [1.82, 2.24) is 15.0 Å². The maximum atomic E-state index is 11.9. The maximum Gasteiger partial charge on any atom is 0.344 e. The highest BCUT2D eigenvalue weighted by atomic mass is 32.2. The molecule has 0 aromatic carbocycles. The minimum Gasteiger partial charge on any atom is -0.462 e. The molecule has 2 N–H and O–H groups in total. The van der Waals surface area contributed by atoms with Crippen molar-refractivity contribution >= 4 is 34.6 Å². The largest absolute Gasteiger partial charge is 0.462 e. The fourth-order valence-corrected chi connectivity index (χ4v) is 1.99. The lowest BCUT2D eigenvalue weighted by atomic mass is 10.2. The van der Waals surface area contributed by atoms with E-state index in [1.165, 1.54) is 11.8 Å². The number of nitrogens with zero attached hydrogens (tertiary/aromatic N) is 2. The lowest BCUT2D eigenvalue weighted by Gasteiger charge is -2.03. The van der Waals surface area contributed by atoms with Crippen molar-refractivity contribution < 1.29 is 9.53 Å². The van der Waals surface area contributed by atoms with E-state index >= 15 is 0 Å². The van der Waals surface area contributed by atoms with Crippen molar-refractivity contribution in [2.24, 2.45) is 0 Å². The standard InChI is InChI=1S/C11H14N4O2S/c1-4-17-10(16)7-8-6(14-9(7)12-2)5-13-11(15-8)18-3/h5,12,14H,4H2,1-3H3. The summed E-state index contributed by atoms with van der Waals surface area (Å²) in [6, 6.07) is 0. The number of carbonyl (C=O) groups excluding carboxylic acids is 1. The summed E-state index contributed by atoms with van der Waals surface area (Å²) < 4.78 is 5.04. The Kier molecular flexibility index (Phi) is 3.71. The van der Waals surface area contributed by atoms with Gasteiger partial charge in [-0.25, -0.2) is 14.8 Å². The van der Waals surface area contributed by atoms with Crippen molar-refractivity contribution in [3.63, 3.8) is 0 Å². The Bertz CT molecular complexity index is 582. The Morgan fingerprint density at radius 3 is 3.00 bits per heavy atom. The number of anilines is 1. The van der Waals surface area contributed by atoms with E-state index in [1.54, 1.807) is 20.2 Å². The first-order valence-electron chi connectivity index (χ1n) is 5.48. The van der Waals surface area contributed by atoms with Crippen LogP contribution in [0.4, 0.5) is 5.82 Å². The van der Waals surface area contributed by atoms with Crippen molar-refractivity contribution in [2.75, 3.05) is 25.2 Å². The molecule has 2 aromatic heterocycles. The van der Waals surface area contributed by atoms with Crippen LogP contribution in [0, 0.1) is 0 Å². The second-order valence-electron chi connectivity index (χ2n) is 3.46. The van der Waals surface area contributed by atoms with E-state index in [4.69, 9.17) is 4.74 Å². The number of thioether (sulfide) groups is 1. The van der Waals surface area contributed by atoms with Gasteiger partial charge in [-0.1, -0.05) is 11.8 Å². The van der Waals surface area contributed by atoms with E-state index in [1.807, 2.05) is 6.26 Å². The Morgan fingerprint density at radius 1 is 1.61 bits per heavy atom. The molecule has 0 radical (unpaired) electrons. The number of nitrogens with one attached hydrogen (secondary N) is 2. The maximum absolute atomic E-state index is 11.9. The van der Waals surface area contributed by atoms with Crippen LogP contribution in [0.1, 0.15) is 17.3 Å². The summed E-state index contributed by atoms with van der Waals surface area (Å²) in [5, 5.41) is 3.55. The van der Waals surface area contributed by atoms with Crippen LogP contribution in [0.3, 0.4) is 0 Å². The molecule has 0 amide bonds. The number of carbonyl (C=O) groups is 1. The number of esters is 1. The van der Waals surface area contributed by atoms with Crippen LogP contribution >= 0.6 is 11.8 Å². The van der Waals surface area contributed by atoms with E-state index in [2.05, 4.69) is 20.3 Å². The minimum absolute atomic E-state index is 0.329. The molecule has 18 heavy (non-hydrogen) atoms. The van der Waals surface area contributed by atoms with Crippen LogP contribution in [-0.2, 0) is 4.74 Å². The third kappa shape index (κ3) is 2.13. The van der Waals surface area contributed by atoms with Gasteiger partial charge in [0.2, 0.25) is 0 Å².